The Balaban J connectivity index is 1.50. The lowest BCUT2D eigenvalue weighted by molar-refractivity contribution is -0.152. The lowest BCUT2D eigenvalue weighted by Gasteiger charge is -2.16. The van der Waals surface area contributed by atoms with Crippen LogP contribution in [0.15, 0.2) is 36.4 Å². The second-order valence-corrected chi connectivity index (χ2v) is 5.74. The predicted octanol–water partition coefficient (Wildman–Crippen LogP) is 2.39. The number of benzene rings is 1. The van der Waals surface area contributed by atoms with Crippen molar-refractivity contribution in [2.24, 2.45) is 17.8 Å². The van der Waals surface area contributed by atoms with Gasteiger partial charge in [-0.1, -0.05) is 24.3 Å². The summed E-state index contributed by atoms with van der Waals surface area (Å²) >= 11 is 0. The van der Waals surface area contributed by atoms with Gasteiger partial charge in [0.25, 0.3) is 5.91 Å². The highest BCUT2D eigenvalue weighted by Gasteiger charge is 2.40. The summed E-state index contributed by atoms with van der Waals surface area (Å²) in [5, 5.41) is 2.69. The number of fused-ring (bicyclic) bond motifs is 2. The number of ether oxygens (including phenoxy) is 2. The molecule has 2 bridgehead atoms. The van der Waals surface area contributed by atoms with Crippen molar-refractivity contribution in [3.63, 3.8) is 0 Å². The molecule has 0 saturated heterocycles. The first-order valence-electron chi connectivity index (χ1n) is 7.45. The minimum Gasteiger partial charge on any atom is -0.495 e. The first-order chi connectivity index (χ1) is 10.7. The quantitative estimate of drug-likeness (QED) is 0.670. The van der Waals surface area contributed by atoms with Crippen LogP contribution in [-0.2, 0) is 14.3 Å². The Morgan fingerprint density at radius 3 is 2.73 bits per heavy atom. The number of allylic oxidation sites excluding steroid dienone is 2. The molecule has 1 saturated carbocycles. The van der Waals surface area contributed by atoms with E-state index in [1.165, 1.54) is 7.11 Å². The molecule has 0 aromatic heterocycles. The number of amides is 1. The van der Waals surface area contributed by atoms with Crippen molar-refractivity contribution >= 4 is 17.6 Å². The number of methoxy groups -OCH3 is 1. The van der Waals surface area contributed by atoms with E-state index >= 15 is 0 Å². The molecule has 0 radical (unpaired) electrons. The highest BCUT2D eigenvalue weighted by Crippen LogP contribution is 2.43. The average molecular weight is 301 g/mol. The Hall–Kier alpha value is -2.30. The minimum absolute atomic E-state index is 0.0888. The third-order valence-electron chi connectivity index (χ3n) is 4.31. The van der Waals surface area contributed by atoms with Gasteiger partial charge in [-0.2, -0.15) is 0 Å². The molecule has 1 fully saturated rings. The van der Waals surface area contributed by atoms with E-state index in [2.05, 4.69) is 17.5 Å². The zero-order valence-electron chi connectivity index (χ0n) is 12.5. The van der Waals surface area contributed by atoms with Crippen LogP contribution in [-0.4, -0.2) is 25.6 Å². The normalized spacial score (nSPS) is 25.0. The molecule has 22 heavy (non-hydrogen) atoms. The summed E-state index contributed by atoms with van der Waals surface area (Å²) in [5.74, 6) is 0.637. The van der Waals surface area contributed by atoms with Crippen molar-refractivity contribution in [1.82, 2.24) is 0 Å². The summed E-state index contributed by atoms with van der Waals surface area (Å²) < 4.78 is 10.3. The Labute approximate surface area is 129 Å². The first-order valence-corrected chi connectivity index (χ1v) is 7.45. The minimum atomic E-state index is -0.364. The molecule has 1 N–H and O–H groups in total. The molecule has 2 aliphatic carbocycles. The second kappa shape index (κ2) is 6.22. The van der Waals surface area contributed by atoms with Gasteiger partial charge in [0.1, 0.15) is 5.75 Å². The van der Waals surface area contributed by atoms with Crippen LogP contribution in [0, 0.1) is 17.8 Å². The van der Waals surface area contributed by atoms with Crippen LogP contribution >= 0.6 is 0 Å². The Morgan fingerprint density at radius 2 is 2.05 bits per heavy atom. The predicted molar refractivity (Wildman–Crippen MR) is 81.4 cm³/mol. The topological polar surface area (TPSA) is 64.6 Å². The van der Waals surface area contributed by atoms with Crippen LogP contribution < -0.4 is 10.1 Å². The Kier molecular flexibility index (Phi) is 4.13. The van der Waals surface area contributed by atoms with Crippen molar-refractivity contribution in [3.05, 3.63) is 36.4 Å². The van der Waals surface area contributed by atoms with Crippen LogP contribution in [0.4, 0.5) is 5.69 Å². The highest BCUT2D eigenvalue weighted by molar-refractivity contribution is 5.94. The first kappa shape index (κ1) is 14.6. The van der Waals surface area contributed by atoms with Gasteiger partial charge in [0, 0.05) is 0 Å². The Morgan fingerprint density at radius 1 is 1.23 bits per heavy atom. The maximum absolute atomic E-state index is 12.1. The van der Waals surface area contributed by atoms with Crippen molar-refractivity contribution in [1.29, 1.82) is 0 Å². The van der Waals surface area contributed by atoms with Crippen LogP contribution in [0.3, 0.4) is 0 Å². The summed E-state index contributed by atoms with van der Waals surface area (Å²) in [4.78, 5) is 24.0. The number of anilines is 1. The molecule has 5 heteroatoms. The fourth-order valence-corrected chi connectivity index (χ4v) is 3.23. The van der Waals surface area contributed by atoms with E-state index in [0.29, 0.717) is 17.4 Å². The van der Waals surface area contributed by atoms with Crippen molar-refractivity contribution in [2.75, 3.05) is 19.0 Å². The van der Waals surface area contributed by atoms with E-state index in [1.807, 2.05) is 6.07 Å². The zero-order chi connectivity index (χ0) is 15.5. The molecule has 3 rings (SSSR count). The molecule has 5 nitrogen and oxygen atoms in total. The highest BCUT2D eigenvalue weighted by atomic mass is 16.5. The number of hydrogen-bond donors (Lipinski definition) is 1. The number of hydrogen-bond acceptors (Lipinski definition) is 4. The van der Waals surface area contributed by atoms with Crippen LogP contribution in [0.1, 0.15) is 12.8 Å². The van der Waals surface area contributed by atoms with Gasteiger partial charge in [0.15, 0.2) is 6.61 Å². The van der Waals surface area contributed by atoms with Crippen molar-refractivity contribution in [3.8, 4) is 5.75 Å². The maximum Gasteiger partial charge on any atom is 0.310 e. The fraction of sp³-hybridized carbons (Fsp3) is 0.412. The molecule has 2 aliphatic rings. The van der Waals surface area contributed by atoms with Crippen molar-refractivity contribution in [2.45, 2.75) is 12.8 Å². The molecule has 1 aromatic carbocycles. The van der Waals surface area contributed by atoms with Crippen LogP contribution in [0.2, 0.25) is 0 Å². The van der Waals surface area contributed by atoms with Gasteiger partial charge in [-0.3, -0.25) is 9.59 Å². The molecular formula is C17H19NO4. The molecule has 0 unspecified atom stereocenters. The summed E-state index contributed by atoms with van der Waals surface area (Å²) in [7, 11) is 1.54. The van der Waals surface area contributed by atoms with Gasteiger partial charge in [-0.05, 0) is 36.8 Å². The molecule has 0 aliphatic heterocycles. The SMILES string of the molecule is COc1ccccc1NC(=O)COC(=O)[C@H]1C[C@H]2C=C[C@H]1C2. The molecular weight excluding hydrogens is 282 g/mol. The maximum atomic E-state index is 12.1. The van der Waals surface area contributed by atoms with Gasteiger partial charge in [0.2, 0.25) is 0 Å². The van der Waals surface area contributed by atoms with Gasteiger partial charge in [-0.15, -0.1) is 0 Å². The van der Waals surface area contributed by atoms with E-state index in [1.54, 1.807) is 18.2 Å². The molecule has 0 spiro atoms. The lowest BCUT2D eigenvalue weighted by Crippen LogP contribution is -2.26. The molecule has 1 amide bonds. The van der Waals surface area contributed by atoms with E-state index in [9.17, 15) is 9.59 Å². The number of esters is 1. The van der Waals surface area contributed by atoms with Crippen LogP contribution in [0.25, 0.3) is 0 Å². The third-order valence-corrected chi connectivity index (χ3v) is 4.31. The van der Waals surface area contributed by atoms with E-state index in [-0.39, 0.29) is 30.3 Å². The Bertz CT molecular complexity index is 610. The molecule has 116 valence electrons. The standard InChI is InChI=1S/C17H19NO4/c1-21-15-5-3-2-4-14(15)18-16(19)10-22-17(20)13-9-11-6-7-12(13)8-11/h2-7,11-13H,8-10H2,1H3,(H,18,19)/t11-,12-,13-/m0/s1. The van der Waals surface area contributed by atoms with Crippen molar-refractivity contribution < 1.29 is 19.1 Å². The summed E-state index contributed by atoms with van der Waals surface area (Å²) in [6.07, 6.45) is 6.14. The molecule has 1 aromatic rings. The third kappa shape index (κ3) is 2.98. The molecule has 0 heterocycles. The van der Waals surface area contributed by atoms with E-state index in [0.717, 1.165) is 12.8 Å². The fourth-order valence-electron chi connectivity index (χ4n) is 3.23. The second-order valence-electron chi connectivity index (χ2n) is 5.74. The summed E-state index contributed by atoms with van der Waals surface area (Å²) in [6.45, 7) is -0.269. The van der Waals surface area contributed by atoms with Gasteiger partial charge >= 0.3 is 5.97 Å². The monoisotopic (exact) mass is 301 g/mol. The lowest BCUT2D eigenvalue weighted by atomic mass is 9.94. The van der Waals surface area contributed by atoms with Gasteiger partial charge in [0.05, 0.1) is 18.7 Å². The van der Waals surface area contributed by atoms with Crippen LogP contribution in [0.5, 0.6) is 5.75 Å². The number of carbonyl (C=O) groups is 2. The van der Waals surface area contributed by atoms with E-state index < -0.39 is 0 Å². The number of rotatable bonds is 5. The number of nitrogens with one attached hydrogen (secondary N) is 1. The summed E-state index contributed by atoms with van der Waals surface area (Å²) in [5.41, 5.74) is 0.564. The smallest absolute Gasteiger partial charge is 0.310 e. The number of carbonyl (C=O) groups excluding carboxylic acids is 2. The van der Waals surface area contributed by atoms with Gasteiger partial charge < -0.3 is 14.8 Å². The largest absolute Gasteiger partial charge is 0.495 e. The van der Waals surface area contributed by atoms with Gasteiger partial charge in [-0.25, -0.2) is 0 Å². The molecule has 3 atom stereocenters. The zero-order valence-corrected chi connectivity index (χ0v) is 12.5. The number of para-hydroxylation sites is 2. The van der Waals surface area contributed by atoms with E-state index in [4.69, 9.17) is 9.47 Å². The summed E-state index contributed by atoms with van der Waals surface area (Å²) in [6, 6.07) is 7.10. The average Bonchev–Trinajstić information content (AvgIpc) is 3.16.